The average molecular weight is 395 g/mol. The molecule has 0 unspecified atom stereocenters. The molecule has 8 heteroatoms. The van der Waals surface area contributed by atoms with E-state index in [1.165, 1.54) is 18.2 Å². The molecule has 0 atom stereocenters. The molecule has 2 aromatic carbocycles. The first-order chi connectivity index (χ1) is 12.2. The summed E-state index contributed by atoms with van der Waals surface area (Å²) in [6, 6.07) is 13.2. The van der Waals surface area contributed by atoms with Gasteiger partial charge in [-0.1, -0.05) is 29.8 Å². The number of rotatable bonds is 5. The predicted molar refractivity (Wildman–Crippen MR) is 101 cm³/mol. The Hall–Kier alpha value is -2.09. The minimum Gasteiger partial charge on any atom is -0.370 e. The molecule has 0 aliphatic carbocycles. The molecule has 138 valence electrons. The van der Waals surface area contributed by atoms with Gasteiger partial charge in [0, 0.05) is 5.02 Å². The van der Waals surface area contributed by atoms with Crippen molar-refractivity contribution in [3.8, 4) is 0 Å². The summed E-state index contributed by atoms with van der Waals surface area (Å²) in [5.74, 6) is -0.153. The van der Waals surface area contributed by atoms with Crippen molar-refractivity contribution < 1.29 is 17.4 Å². The first-order valence-electron chi connectivity index (χ1n) is 8.05. The van der Waals surface area contributed by atoms with Crippen molar-refractivity contribution in [1.29, 1.82) is 0 Å². The van der Waals surface area contributed by atoms with Gasteiger partial charge in [-0.05, 0) is 44.2 Å². The van der Waals surface area contributed by atoms with Crippen molar-refractivity contribution in [2.45, 2.75) is 24.3 Å². The van der Waals surface area contributed by atoms with E-state index in [9.17, 15) is 13.2 Å². The van der Waals surface area contributed by atoms with Crippen LogP contribution in [-0.2, 0) is 19.1 Å². The first-order valence-corrected chi connectivity index (χ1v) is 9.83. The van der Waals surface area contributed by atoms with Crippen LogP contribution in [-0.4, -0.2) is 33.0 Å². The summed E-state index contributed by atoms with van der Waals surface area (Å²) in [6.45, 7) is 3.51. The van der Waals surface area contributed by atoms with Crippen molar-refractivity contribution in [2.24, 2.45) is 0 Å². The summed E-state index contributed by atoms with van der Waals surface area (Å²) in [5, 5.41) is 3.50. The second kappa shape index (κ2) is 6.90. The fourth-order valence-corrected chi connectivity index (χ4v) is 4.00. The van der Waals surface area contributed by atoms with Crippen molar-refractivity contribution in [1.82, 2.24) is 0 Å². The van der Waals surface area contributed by atoms with E-state index in [4.69, 9.17) is 15.8 Å². The molecule has 0 fully saturated rings. The number of hydrogen-bond acceptors (Lipinski definition) is 5. The molecule has 0 aromatic heterocycles. The quantitative estimate of drug-likeness (QED) is 0.787. The predicted octanol–water partition coefficient (Wildman–Crippen LogP) is 3.28. The molecule has 6 nitrogen and oxygen atoms in total. The Labute approximate surface area is 157 Å². The number of carbonyl (C=O) groups excluding carboxylic acids is 1. The van der Waals surface area contributed by atoms with Crippen molar-refractivity contribution >= 4 is 39.0 Å². The molecule has 1 aliphatic rings. The molecule has 0 bridgehead atoms. The van der Waals surface area contributed by atoms with E-state index in [0.717, 1.165) is 5.69 Å². The number of nitrogens with zero attached hydrogens (tertiary/aromatic N) is 1. The molecule has 1 N–H and O–H groups in total. The number of amides is 1. The van der Waals surface area contributed by atoms with Gasteiger partial charge in [0.05, 0.1) is 29.4 Å². The molecule has 0 radical (unpaired) electrons. The third kappa shape index (κ3) is 3.70. The summed E-state index contributed by atoms with van der Waals surface area (Å²) in [6.07, 6.45) is 0. The molecule has 2 aromatic rings. The molecular weight excluding hydrogens is 376 g/mol. The number of nitrogens with one attached hydrogen (secondary N) is 1. The monoisotopic (exact) mass is 394 g/mol. The Morgan fingerprint density at radius 2 is 1.88 bits per heavy atom. The summed E-state index contributed by atoms with van der Waals surface area (Å²) < 4.78 is 29.7. The Morgan fingerprint density at radius 1 is 1.15 bits per heavy atom. The Bertz CT molecular complexity index is 944. The summed E-state index contributed by atoms with van der Waals surface area (Å²) in [7, 11) is -3.95. The van der Waals surface area contributed by atoms with Crippen LogP contribution in [0.5, 0.6) is 0 Å². The topological polar surface area (TPSA) is 75.7 Å². The van der Waals surface area contributed by atoms with Gasteiger partial charge in [-0.3, -0.25) is 8.98 Å². The largest absolute Gasteiger partial charge is 0.370 e. The number of halogens is 1. The van der Waals surface area contributed by atoms with Crippen LogP contribution in [0.25, 0.3) is 0 Å². The lowest BCUT2D eigenvalue weighted by atomic mass is 9.98. The molecule has 0 saturated heterocycles. The van der Waals surface area contributed by atoms with E-state index in [2.05, 4.69) is 5.32 Å². The van der Waals surface area contributed by atoms with E-state index in [0.29, 0.717) is 10.7 Å². The Morgan fingerprint density at radius 3 is 2.62 bits per heavy atom. The number of benzene rings is 2. The first kappa shape index (κ1) is 18.7. The maximum atomic E-state index is 12.7. The zero-order valence-corrected chi connectivity index (χ0v) is 16.0. The highest BCUT2D eigenvalue weighted by atomic mass is 35.5. The van der Waals surface area contributed by atoms with E-state index < -0.39 is 15.7 Å². The average Bonchev–Trinajstić information content (AvgIpc) is 2.58. The molecular formula is C18H19ClN2O4S. The Kier molecular flexibility index (Phi) is 4.96. The van der Waals surface area contributed by atoms with Crippen LogP contribution in [0.4, 0.5) is 11.4 Å². The normalized spacial score (nSPS) is 16.1. The van der Waals surface area contributed by atoms with Gasteiger partial charge in [0.2, 0.25) is 0 Å². The van der Waals surface area contributed by atoms with Crippen LogP contribution in [0.3, 0.4) is 0 Å². The second-order valence-electron chi connectivity index (χ2n) is 6.46. The maximum Gasteiger partial charge on any atom is 0.297 e. The van der Waals surface area contributed by atoms with Crippen LogP contribution in [0.2, 0.25) is 5.02 Å². The van der Waals surface area contributed by atoms with Gasteiger partial charge in [0.1, 0.15) is 5.54 Å². The van der Waals surface area contributed by atoms with Gasteiger partial charge in [-0.25, -0.2) is 0 Å². The van der Waals surface area contributed by atoms with E-state index >= 15 is 0 Å². The van der Waals surface area contributed by atoms with E-state index in [1.807, 2.05) is 18.2 Å². The van der Waals surface area contributed by atoms with Crippen LogP contribution < -0.4 is 10.2 Å². The molecule has 0 saturated carbocycles. The molecule has 3 rings (SSSR count). The highest BCUT2D eigenvalue weighted by Gasteiger charge is 2.38. The Balaban J connectivity index is 1.76. The molecule has 1 heterocycles. The van der Waals surface area contributed by atoms with Gasteiger partial charge in [-0.15, -0.1) is 0 Å². The standard InChI is InChI=1S/C18H19ClN2O4S/c1-18(2)17(22)21(16-9-4-3-8-15(16)20-18)10-11-25-26(23,24)14-7-5-6-13(19)12-14/h3-9,12,20H,10-11H2,1-2H3. The van der Waals surface area contributed by atoms with Gasteiger partial charge in [0.25, 0.3) is 16.0 Å². The lowest BCUT2D eigenvalue weighted by molar-refractivity contribution is -0.122. The zero-order valence-electron chi connectivity index (χ0n) is 14.4. The van der Waals surface area contributed by atoms with Crippen LogP contribution >= 0.6 is 11.6 Å². The van der Waals surface area contributed by atoms with Crippen molar-refractivity contribution in [3.05, 3.63) is 53.6 Å². The fraction of sp³-hybridized carbons (Fsp3) is 0.278. The van der Waals surface area contributed by atoms with Crippen molar-refractivity contribution in [3.63, 3.8) is 0 Å². The highest BCUT2D eigenvalue weighted by Crippen LogP contribution is 2.34. The number of fused-ring (bicyclic) bond motifs is 1. The lowest BCUT2D eigenvalue weighted by Gasteiger charge is -2.39. The maximum absolute atomic E-state index is 12.7. The molecule has 1 amide bonds. The van der Waals surface area contributed by atoms with Crippen LogP contribution in [0, 0.1) is 0 Å². The lowest BCUT2D eigenvalue weighted by Crippen LogP contribution is -2.54. The number of para-hydroxylation sites is 2. The third-order valence-corrected chi connectivity index (χ3v) is 5.60. The minimum atomic E-state index is -3.95. The molecule has 26 heavy (non-hydrogen) atoms. The van der Waals surface area contributed by atoms with E-state index in [1.54, 1.807) is 30.9 Å². The number of carbonyl (C=O) groups is 1. The smallest absolute Gasteiger partial charge is 0.297 e. The SMILES string of the molecule is CC1(C)Nc2ccccc2N(CCOS(=O)(=O)c2cccc(Cl)c2)C1=O. The zero-order chi connectivity index (χ0) is 18.9. The highest BCUT2D eigenvalue weighted by molar-refractivity contribution is 7.86. The fourth-order valence-electron chi connectivity index (χ4n) is 2.80. The number of anilines is 2. The molecule has 1 aliphatic heterocycles. The summed E-state index contributed by atoms with van der Waals surface area (Å²) in [4.78, 5) is 14.2. The van der Waals surface area contributed by atoms with Crippen molar-refractivity contribution in [2.75, 3.05) is 23.4 Å². The summed E-state index contributed by atoms with van der Waals surface area (Å²) in [5.41, 5.74) is 0.718. The van der Waals surface area contributed by atoms with Crippen LogP contribution in [0.15, 0.2) is 53.4 Å². The minimum absolute atomic E-state index is 0.0163. The van der Waals surface area contributed by atoms with Gasteiger partial charge in [-0.2, -0.15) is 8.42 Å². The van der Waals surface area contributed by atoms with Crippen LogP contribution in [0.1, 0.15) is 13.8 Å². The summed E-state index contributed by atoms with van der Waals surface area (Å²) >= 11 is 5.83. The van der Waals surface area contributed by atoms with Gasteiger partial charge in [0.15, 0.2) is 0 Å². The van der Waals surface area contributed by atoms with E-state index in [-0.39, 0.29) is 24.0 Å². The van der Waals surface area contributed by atoms with Gasteiger partial charge < -0.3 is 10.2 Å². The second-order valence-corrected chi connectivity index (χ2v) is 8.51. The number of hydrogen-bond donors (Lipinski definition) is 1. The third-order valence-electron chi connectivity index (χ3n) is 4.06. The van der Waals surface area contributed by atoms with Gasteiger partial charge >= 0.3 is 0 Å². The molecule has 0 spiro atoms.